The number of rotatable bonds is 2. The van der Waals surface area contributed by atoms with Gasteiger partial charge in [-0.15, -0.1) is 11.3 Å². The van der Waals surface area contributed by atoms with Gasteiger partial charge in [0.2, 0.25) is 0 Å². The second-order valence-corrected chi connectivity index (χ2v) is 7.43. The monoisotopic (exact) mass is 328 g/mol. The minimum Gasteiger partial charge on any atom is -0.351 e. The van der Waals surface area contributed by atoms with Crippen LogP contribution in [0, 0.1) is 0 Å². The van der Waals surface area contributed by atoms with E-state index in [0.717, 1.165) is 35.8 Å². The van der Waals surface area contributed by atoms with E-state index in [4.69, 9.17) is 0 Å². The average molecular weight is 328 g/mol. The van der Waals surface area contributed by atoms with Crippen LogP contribution in [0.2, 0.25) is 0 Å². The van der Waals surface area contributed by atoms with E-state index >= 15 is 0 Å². The van der Waals surface area contributed by atoms with Gasteiger partial charge in [0.1, 0.15) is 11.2 Å². The SMILES string of the molecule is CC(C)N1CCc2c(sc3c2C(=O)NC(c2ccccn2)N3)C1. The molecular formula is C17H20N4OS. The van der Waals surface area contributed by atoms with Crippen LogP contribution in [-0.2, 0) is 13.0 Å². The van der Waals surface area contributed by atoms with Crippen molar-refractivity contribution < 1.29 is 4.79 Å². The number of nitrogens with one attached hydrogen (secondary N) is 2. The number of carbonyl (C=O) groups is 1. The molecule has 2 aliphatic heterocycles. The molecule has 0 bridgehead atoms. The third-order valence-electron chi connectivity index (χ3n) is 4.58. The van der Waals surface area contributed by atoms with Crippen LogP contribution in [0.3, 0.4) is 0 Å². The van der Waals surface area contributed by atoms with Gasteiger partial charge >= 0.3 is 0 Å². The Morgan fingerprint density at radius 3 is 2.96 bits per heavy atom. The molecule has 6 heteroatoms. The van der Waals surface area contributed by atoms with Crippen LogP contribution in [0.5, 0.6) is 0 Å². The molecule has 0 aromatic carbocycles. The second kappa shape index (κ2) is 5.62. The molecule has 2 N–H and O–H groups in total. The Balaban J connectivity index is 1.66. The third kappa shape index (κ3) is 2.52. The van der Waals surface area contributed by atoms with Gasteiger partial charge in [0, 0.05) is 30.2 Å². The number of anilines is 1. The fraction of sp³-hybridized carbons (Fsp3) is 0.412. The van der Waals surface area contributed by atoms with Crippen molar-refractivity contribution in [2.45, 2.75) is 39.0 Å². The van der Waals surface area contributed by atoms with Gasteiger partial charge < -0.3 is 10.6 Å². The number of fused-ring (bicyclic) bond motifs is 3. The maximum atomic E-state index is 12.6. The van der Waals surface area contributed by atoms with E-state index in [1.807, 2.05) is 18.2 Å². The Bertz CT molecular complexity index is 741. The highest BCUT2D eigenvalue weighted by atomic mass is 32.1. The van der Waals surface area contributed by atoms with Gasteiger partial charge in [0.15, 0.2) is 0 Å². The van der Waals surface area contributed by atoms with Crippen molar-refractivity contribution in [3.05, 3.63) is 46.1 Å². The first-order chi connectivity index (χ1) is 11.1. The normalized spacial score (nSPS) is 20.7. The maximum absolute atomic E-state index is 12.6. The molecule has 120 valence electrons. The summed E-state index contributed by atoms with van der Waals surface area (Å²) >= 11 is 1.72. The number of hydrogen-bond donors (Lipinski definition) is 2. The third-order valence-corrected chi connectivity index (χ3v) is 5.73. The van der Waals surface area contributed by atoms with Gasteiger partial charge in [-0.3, -0.25) is 14.7 Å². The Morgan fingerprint density at radius 2 is 2.22 bits per heavy atom. The van der Waals surface area contributed by atoms with E-state index in [1.54, 1.807) is 17.5 Å². The lowest BCUT2D eigenvalue weighted by atomic mass is 10.00. The predicted molar refractivity (Wildman–Crippen MR) is 91.6 cm³/mol. The largest absolute Gasteiger partial charge is 0.351 e. The first-order valence-corrected chi connectivity index (χ1v) is 8.82. The number of aromatic nitrogens is 1. The van der Waals surface area contributed by atoms with Crippen molar-refractivity contribution in [1.29, 1.82) is 0 Å². The van der Waals surface area contributed by atoms with E-state index in [9.17, 15) is 4.79 Å². The summed E-state index contributed by atoms with van der Waals surface area (Å²) in [5.41, 5.74) is 2.91. The molecule has 0 radical (unpaired) electrons. The van der Waals surface area contributed by atoms with Crippen molar-refractivity contribution in [2.75, 3.05) is 11.9 Å². The molecule has 0 fully saturated rings. The van der Waals surface area contributed by atoms with Crippen LogP contribution in [0.15, 0.2) is 24.4 Å². The molecule has 2 aromatic heterocycles. The Labute approximate surface area is 139 Å². The molecule has 5 nitrogen and oxygen atoms in total. The summed E-state index contributed by atoms with van der Waals surface area (Å²) in [6, 6.07) is 6.28. The van der Waals surface area contributed by atoms with Gasteiger partial charge in [-0.25, -0.2) is 0 Å². The van der Waals surface area contributed by atoms with Crippen LogP contribution in [-0.4, -0.2) is 28.4 Å². The molecule has 1 unspecified atom stereocenters. The molecule has 0 aliphatic carbocycles. The van der Waals surface area contributed by atoms with Gasteiger partial charge in [-0.1, -0.05) is 6.07 Å². The highest BCUT2D eigenvalue weighted by Crippen LogP contribution is 2.40. The zero-order chi connectivity index (χ0) is 16.0. The number of pyridine rings is 1. The lowest BCUT2D eigenvalue weighted by Gasteiger charge is -2.30. The Morgan fingerprint density at radius 1 is 1.35 bits per heavy atom. The zero-order valence-corrected chi connectivity index (χ0v) is 14.1. The maximum Gasteiger partial charge on any atom is 0.256 e. The predicted octanol–water partition coefficient (Wildman–Crippen LogP) is 2.76. The van der Waals surface area contributed by atoms with Crippen LogP contribution < -0.4 is 10.6 Å². The first kappa shape index (κ1) is 14.7. The molecule has 0 spiro atoms. The minimum absolute atomic E-state index is 0.0184. The number of thiophene rings is 1. The fourth-order valence-electron chi connectivity index (χ4n) is 3.27. The van der Waals surface area contributed by atoms with Crippen molar-refractivity contribution in [2.24, 2.45) is 0 Å². The van der Waals surface area contributed by atoms with Gasteiger partial charge in [0.05, 0.1) is 11.3 Å². The van der Waals surface area contributed by atoms with Gasteiger partial charge in [-0.05, 0) is 38.0 Å². The van der Waals surface area contributed by atoms with E-state index in [1.165, 1.54) is 10.4 Å². The smallest absolute Gasteiger partial charge is 0.256 e. The number of carbonyl (C=O) groups excluding carboxylic acids is 1. The molecule has 2 aliphatic rings. The Kier molecular flexibility index (Phi) is 3.58. The van der Waals surface area contributed by atoms with E-state index < -0.39 is 0 Å². The Hall–Kier alpha value is -1.92. The highest BCUT2D eigenvalue weighted by Gasteiger charge is 2.33. The summed E-state index contributed by atoms with van der Waals surface area (Å²) in [7, 11) is 0. The molecule has 4 rings (SSSR count). The summed E-state index contributed by atoms with van der Waals surface area (Å²) in [5.74, 6) is 0.0184. The summed E-state index contributed by atoms with van der Waals surface area (Å²) in [5, 5.41) is 7.48. The van der Waals surface area contributed by atoms with Gasteiger partial charge in [-0.2, -0.15) is 0 Å². The molecule has 1 amide bonds. The molecule has 0 saturated carbocycles. The van der Waals surface area contributed by atoms with E-state index in [-0.39, 0.29) is 12.1 Å². The first-order valence-electron chi connectivity index (χ1n) is 8.00. The summed E-state index contributed by atoms with van der Waals surface area (Å²) in [6.07, 6.45) is 2.44. The van der Waals surface area contributed by atoms with Crippen molar-refractivity contribution in [3.8, 4) is 0 Å². The number of amides is 1. The lowest BCUT2D eigenvalue weighted by Crippen LogP contribution is -2.39. The molecule has 2 aromatic rings. The molecule has 4 heterocycles. The van der Waals surface area contributed by atoms with E-state index in [2.05, 4.69) is 34.4 Å². The summed E-state index contributed by atoms with van der Waals surface area (Å²) in [6.45, 7) is 6.40. The lowest BCUT2D eigenvalue weighted by molar-refractivity contribution is 0.0933. The van der Waals surface area contributed by atoms with Crippen molar-refractivity contribution in [1.82, 2.24) is 15.2 Å². The molecule has 1 atom stereocenters. The van der Waals surface area contributed by atoms with Crippen LogP contribution >= 0.6 is 11.3 Å². The van der Waals surface area contributed by atoms with Crippen molar-refractivity contribution in [3.63, 3.8) is 0 Å². The van der Waals surface area contributed by atoms with Crippen LogP contribution in [0.4, 0.5) is 5.00 Å². The van der Waals surface area contributed by atoms with Crippen molar-refractivity contribution >= 4 is 22.2 Å². The average Bonchev–Trinajstić information content (AvgIpc) is 2.93. The number of hydrogen-bond acceptors (Lipinski definition) is 5. The standard InChI is InChI=1S/C17H20N4OS/c1-10(2)21-8-6-11-13(9-21)23-17-14(11)16(22)19-15(20-17)12-5-3-4-7-18-12/h3-5,7,10,15,20H,6,8-9H2,1-2H3,(H,19,22). The topological polar surface area (TPSA) is 57.3 Å². The highest BCUT2D eigenvalue weighted by molar-refractivity contribution is 7.16. The summed E-state index contributed by atoms with van der Waals surface area (Å²) in [4.78, 5) is 20.8. The van der Waals surface area contributed by atoms with Gasteiger partial charge in [0.25, 0.3) is 5.91 Å². The van der Waals surface area contributed by atoms with E-state index in [0.29, 0.717) is 6.04 Å². The van der Waals surface area contributed by atoms with Crippen LogP contribution in [0.25, 0.3) is 0 Å². The number of nitrogens with zero attached hydrogens (tertiary/aromatic N) is 2. The molecule has 0 saturated heterocycles. The fourth-order valence-corrected chi connectivity index (χ4v) is 4.57. The molecule has 23 heavy (non-hydrogen) atoms. The van der Waals surface area contributed by atoms with Crippen LogP contribution in [0.1, 0.15) is 46.5 Å². The molecular weight excluding hydrogens is 308 g/mol. The second-order valence-electron chi connectivity index (χ2n) is 6.33. The minimum atomic E-state index is -0.252. The zero-order valence-electron chi connectivity index (χ0n) is 13.3. The quantitative estimate of drug-likeness (QED) is 0.890. The summed E-state index contributed by atoms with van der Waals surface area (Å²) < 4.78 is 0.